The molecule has 0 saturated carbocycles. The fourth-order valence-electron chi connectivity index (χ4n) is 2.40. The van der Waals surface area contributed by atoms with Crippen molar-refractivity contribution >= 4 is 22.4 Å². The Balaban J connectivity index is 1.58. The molecule has 6 nitrogen and oxygen atoms in total. The number of benzene rings is 1. The molecule has 1 aliphatic rings. The quantitative estimate of drug-likeness (QED) is 0.909. The highest BCUT2D eigenvalue weighted by Gasteiger charge is 2.12. The monoisotopic (exact) mass is 332 g/mol. The fourth-order valence-corrected chi connectivity index (χ4v) is 3.07. The van der Waals surface area contributed by atoms with Gasteiger partial charge in [0.2, 0.25) is 5.13 Å². The largest absolute Gasteiger partial charge is 0.379 e. The Kier molecular flexibility index (Phi) is 5.32. The molecule has 7 heteroatoms. The molecule has 0 aliphatic carbocycles. The first-order valence-electron chi connectivity index (χ1n) is 7.77. The topological polar surface area (TPSA) is 67.4 Å². The number of nitrogens with zero attached hydrogens (tertiary/aromatic N) is 3. The second-order valence-electron chi connectivity index (χ2n) is 5.39. The Morgan fingerprint density at radius 1 is 1.26 bits per heavy atom. The highest BCUT2D eigenvalue weighted by atomic mass is 32.1. The van der Waals surface area contributed by atoms with Crippen LogP contribution in [0.3, 0.4) is 0 Å². The van der Waals surface area contributed by atoms with Crippen molar-refractivity contribution in [1.82, 2.24) is 15.1 Å². The van der Waals surface area contributed by atoms with Crippen LogP contribution in [0.2, 0.25) is 0 Å². The zero-order valence-corrected chi connectivity index (χ0v) is 13.9. The Hall–Kier alpha value is -1.83. The summed E-state index contributed by atoms with van der Waals surface area (Å²) in [5.41, 5.74) is 1.83. The van der Waals surface area contributed by atoms with E-state index in [9.17, 15) is 4.79 Å². The van der Waals surface area contributed by atoms with Crippen LogP contribution in [0.25, 0.3) is 0 Å². The Labute approximate surface area is 139 Å². The molecule has 1 aromatic heterocycles. The minimum Gasteiger partial charge on any atom is -0.379 e. The number of rotatable bonds is 5. The SMILES string of the molecule is CCc1nnc(NC(=O)c2ccc(CN3CCOCC3)cc2)s1. The summed E-state index contributed by atoms with van der Waals surface area (Å²) in [7, 11) is 0. The van der Waals surface area contributed by atoms with Gasteiger partial charge < -0.3 is 4.74 Å². The van der Waals surface area contributed by atoms with Crippen LogP contribution in [0.1, 0.15) is 27.9 Å². The molecule has 0 radical (unpaired) electrons. The average molecular weight is 332 g/mol. The summed E-state index contributed by atoms with van der Waals surface area (Å²) in [6, 6.07) is 7.71. The number of anilines is 1. The van der Waals surface area contributed by atoms with Crippen molar-refractivity contribution in [3.05, 3.63) is 40.4 Å². The summed E-state index contributed by atoms with van der Waals surface area (Å²) in [4.78, 5) is 14.6. The first-order chi connectivity index (χ1) is 11.2. The Morgan fingerprint density at radius 2 is 2.00 bits per heavy atom. The van der Waals surface area contributed by atoms with Crippen molar-refractivity contribution in [1.29, 1.82) is 0 Å². The standard InChI is InChI=1S/C16H20N4O2S/c1-2-14-18-19-16(23-14)17-15(21)13-5-3-12(4-6-13)11-20-7-9-22-10-8-20/h3-6H,2,7-11H2,1H3,(H,17,19,21). The molecule has 2 aromatic rings. The molecule has 0 bridgehead atoms. The van der Waals surface area contributed by atoms with Crippen molar-refractivity contribution in [2.45, 2.75) is 19.9 Å². The van der Waals surface area contributed by atoms with Gasteiger partial charge in [0.15, 0.2) is 0 Å². The highest BCUT2D eigenvalue weighted by Crippen LogP contribution is 2.17. The first kappa shape index (κ1) is 16.0. The van der Waals surface area contributed by atoms with Gasteiger partial charge in [0.25, 0.3) is 5.91 Å². The van der Waals surface area contributed by atoms with Crippen LogP contribution in [0, 0.1) is 0 Å². The zero-order valence-electron chi connectivity index (χ0n) is 13.1. The number of aryl methyl sites for hydroxylation is 1. The predicted octanol–water partition coefficient (Wildman–Crippen LogP) is 2.18. The maximum atomic E-state index is 12.2. The lowest BCUT2D eigenvalue weighted by Gasteiger charge is -2.26. The number of hydrogen-bond donors (Lipinski definition) is 1. The van der Waals surface area contributed by atoms with Crippen molar-refractivity contribution in [2.75, 3.05) is 31.6 Å². The molecule has 1 amide bonds. The van der Waals surface area contributed by atoms with Crippen LogP contribution in [-0.2, 0) is 17.7 Å². The van der Waals surface area contributed by atoms with E-state index in [1.54, 1.807) is 0 Å². The molecular weight excluding hydrogens is 312 g/mol. The molecular formula is C16H20N4O2S. The molecule has 2 heterocycles. The van der Waals surface area contributed by atoms with E-state index in [2.05, 4.69) is 20.4 Å². The number of morpholine rings is 1. The third-order valence-corrected chi connectivity index (χ3v) is 4.70. The van der Waals surface area contributed by atoms with Crippen LogP contribution < -0.4 is 5.32 Å². The van der Waals surface area contributed by atoms with Gasteiger partial charge in [0.1, 0.15) is 5.01 Å². The average Bonchev–Trinajstić information content (AvgIpc) is 3.04. The lowest BCUT2D eigenvalue weighted by atomic mass is 10.1. The summed E-state index contributed by atoms with van der Waals surface area (Å²) in [6.07, 6.45) is 0.823. The number of aromatic nitrogens is 2. The fraction of sp³-hybridized carbons (Fsp3) is 0.438. The lowest BCUT2D eigenvalue weighted by Crippen LogP contribution is -2.35. The summed E-state index contributed by atoms with van der Waals surface area (Å²) in [5.74, 6) is -0.151. The van der Waals surface area contributed by atoms with E-state index in [0.717, 1.165) is 44.3 Å². The van der Waals surface area contributed by atoms with Crippen LogP contribution in [0.15, 0.2) is 24.3 Å². The van der Waals surface area contributed by atoms with Gasteiger partial charge in [-0.3, -0.25) is 15.0 Å². The summed E-state index contributed by atoms with van der Waals surface area (Å²) < 4.78 is 5.35. The normalized spacial score (nSPS) is 15.5. The van der Waals surface area contributed by atoms with Gasteiger partial charge in [-0.25, -0.2) is 0 Å². The molecule has 1 fully saturated rings. The van der Waals surface area contributed by atoms with E-state index in [0.29, 0.717) is 10.7 Å². The van der Waals surface area contributed by atoms with Crippen molar-refractivity contribution in [3.8, 4) is 0 Å². The number of carbonyl (C=O) groups excluding carboxylic acids is 1. The van der Waals surface area contributed by atoms with Gasteiger partial charge in [-0.1, -0.05) is 30.4 Å². The van der Waals surface area contributed by atoms with Crippen LogP contribution in [-0.4, -0.2) is 47.3 Å². The molecule has 1 N–H and O–H groups in total. The highest BCUT2D eigenvalue weighted by molar-refractivity contribution is 7.15. The lowest BCUT2D eigenvalue weighted by molar-refractivity contribution is 0.0342. The summed E-state index contributed by atoms with van der Waals surface area (Å²) in [5, 5.41) is 12.2. The van der Waals surface area contributed by atoms with E-state index < -0.39 is 0 Å². The summed E-state index contributed by atoms with van der Waals surface area (Å²) in [6.45, 7) is 6.41. The van der Waals surface area contributed by atoms with E-state index in [-0.39, 0.29) is 5.91 Å². The van der Waals surface area contributed by atoms with Gasteiger partial charge >= 0.3 is 0 Å². The molecule has 0 atom stereocenters. The molecule has 3 rings (SSSR count). The Bertz CT molecular complexity index is 650. The van der Waals surface area contributed by atoms with E-state index >= 15 is 0 Å². The second-order valence-corrected chi connectivity index (χ2v) is 6.46. The number of nitrogens with one attached hydrogen (secondary N) is 1. The third kappa shape index (κ3) is 4.34. The molecule has 122 valence electrons. The van der Waals surface area contributed by atoms with E-state index in [1.807, 2.05) is 31.2 Å². The minimum atomic E-state index is -0.151. The molecule has 0 spiro atoms. The second kappa shape index (κ2) is 7.63. The third-order valence-electron chi connectivity index (χ3n) is 3.72. The van der Waals surface area contributed by atoms with Gasteiger partial charge in [-0.15, -0.1) is 10.2 Å². The van der Waals surface area contributed by atoms with Crippen LogP contribution in [0.5, 0.6) is 0 Å². The molecule has 1 aromatic carbocycles. The van der Waals surface area contributed by atoms with Gasteiger partial charge in [0.05, 0.1) is 13.2 Å². The van der Waals surface area contributed by atoms with Gasteiger partial charge in [-0.2, -0.15) is 0 Å². The van der Waals surface area contributed by atoms with Crippen LogP contribution in [0.4, 0.5) is 5.13 Å². The van der Waals surface area contributed by atoms with E-state index in [4.69, 9.17) is 4.74 Å². The van der Waals surface area contributed by atoms with Crippen LogP contribution >= 0.6 is 11.3 Å². The maximum absolute atomic E-state index is 12.2. The van der Waals surface area contributed by atoms with Crippen molar-refractivity contribution in [3.63, 3.8) is 0 Å². The zero-order chi connectivity index (χ0) is 16.1. The first-order valence-corrected chi connectivity index (χ1v) is 8.59. The minimum absolute atomic E-state index is 0.151. The number of ether oxygens (including phenoxy) is 1. The Morgan fingerprint density at radius 3 is 2.65 bits per heavy atom. The van der Waals surface area contributed by atoms with Gasteiger partial charge in [0, 0.05) is 25.2 Å². The summed E-state index contributed by atoms with van der Waals surface area (Å²) >= 11 is 1.41. The number of hydrogen-bond acceptors (Lipinski definition) is 6. The molecule has 1 saturated heterocycles. The molecule has 0 unspecified atom stereocenters. The predicted molar refractivity (Wildman–Crippen MR) is 89.8 cm³/mol. The van der Waals surface area contributed by atoms with Crippen molar-refractivity contribution in [2.24, 2.45) is 0 Å². The van der Waals surface area contributed by atoms with Crippen molar-refractivity contribution < 1.29 is 9.53 Å². The molecule has 1 aliphatic heterocycles. The van der Waals surface area contributed by atoms with Gasteiger partial charge in [-0.05, 0) is 24.1 Å². The molecule has 23 heavy (non-hydrogen) atoms. The number of carbonyl (C=O) groups is 1. The maximum Gasteiger partial charge on any atom is 0.257 e. The van der Waals surface area contributed by atoms with E-state index in [1.165, 1.54) is 16.9 Å². The number of amides is 1. The smallest absolute Gasteiger partial charge is 0.257 e.